The van der Waals surface area contributed by atoms with E-state index < -0.39 is 6.04 Å². The van der Waals surface area contributed by atoms with Crippen LogP contribution in [-0.4, -0.2) is 43.4 Å². The van der Waals surface area contributed by atoms with E-state index in [1.54, 1.807) is 51.4 Å². The van der Waals surface area contributed by atoms with E-state index in [0.29, 0.717) is 17.1 Å². The molecule has 1 amide bonds. The standard InChI is InChI=1S/C21H25NO4/c1-14-9-10-17(11-15(14)2)21(24)16(3)22(4)20(23)13-26-19-8-6-7-18(12-19)25-5/h6-12,16H,13H2,1-5H3. The molecule has 0 aliphatic heterocycles. The molecule has 0 bridgehead atoms. The number of amides is 1. The quantitative estimate of drug-likeness (QED) is 0.714. The van der Waals surface area contributed by atoms with Gasteiger partial charge in [0.1, 0.15) is 11.5 Å². The number of ketones is 1. The fraction of sp³-hybridized carbons (Fsp3) is 0.333. The Morgan fingerprint density at radius 3 is 2.38 bits per heavy atom. The lowest BCUT2D eigenvalue weighted by Gasteiger charge is -2.24. The fourth-order valence-electron chi connectivity index (χ4n) is 2.47. The van der Waals surface area contributed by atoms with E-state index >= 15 is 0 Å². The Labute approximate surface area is 154 Å². The van der Waals surface area contributed by atoms with Crippen molar-refractivity contribution < 1.29 is 19.1 Å². The number of rotatable bonds is 7. The molecular formula is C21H25NO4. The topological polar surface area (TPSA) is 55.8 Å². The third-order valence-corrected chi connectivity index (χ3v) is 4.55. The van der Waals surface area contributed by atoms with E-state index in [9.17, 15) is 9.59 Å². The van der Waals surface area contributed by atoms with E-state index in [1.807, 2.05) is 26.0 Å². The van der Waals surface area contributed by atoms with Gasteiger partial charge in [-0.05, 0) is 50.1 Å². The summed E-state index contributed by atoms with van der Waals surface area (Å²) in [6, 6.07) is 12.0. The molecule has 0 N–H and O–H groups in total. The van der Waals surface area contributed by atoms with Gasteiger partial charge in [-0.3, -0.25) is 9.59 Å². The molecule has 0 saturated carbocycles. The number of hydrogen-bond acceptors (Lipinski definition) is 4. The summed E-state index contributed by atoms with van der Waals surface area (Å²) in [5.74, 6) is 0.837. The number of ether oxygens (including phenoxy) is 2. The molecule has 2 aromatic carbocycles. The van der Waals surface area contributed by atoms with Gasteiger partial charge in [0.25, 0.3) is 5.91 Å². The first-order valence-corrected chi connectivity index (χ1v) is 8.47. The summed E-state index contributed by atoms with van der Waals surface area (Å²) in [4.78, 5) is 26.5. The number of benzene rings is 2. The van der Waals surface area contributed by atoms with E-state index in [2.05, 4.69) is 0 Å². The van der Waals surface area contributed by atoms with Gasteiger partial charge in [-0.2, -0.15) is 0 Å². The highest BCUT2D eigenvalue weighted by Crippen LogP contribution is 2.19. The third kappa shape index (κ3) is 4.63. The fourth-order valence-corrected chi connectivity index (χ4v) is 2.47. The molecule has 5 heteroatoms. The highest BCUT2D eigenvalue weighted by molar-refractivity contribution is 6.01. The van der Waals surface area contributed by atoms with Crippen LogP contribution < -0.4 is 9.47 Å². The number of nitrogens with zero attached hydrogens (tertiary/aromatic N) is 1. The van der Waals surface area contributed by atoms with Gasteiger partial charge in [0.15, 0.2) is 12.4 Å². The van der Waals surface area contributed by atoms with Crippen molar-refractivity contribution in [3.63, 3.8) is 0 Å². The second-order valence-electron chi connectivity index (χ2n) is 6.31. The van der Waals surface area contributed by atoms with Crippen molar-refractivity contribution >= 4 is 11.7 Å². The summed E-state index contributed by atoms with van der Waals surface area (Å²) in [7, 11) is 3.18. The second-order valence-corrected chi connectivity index (χ2v) is 6.31. The van der Waals surface area contributed by atoms with Crippen molar-refractivity contribution in [3.05, 3.63) is 59.2 Å². The van der Waals surface area contributed by atoms with Gasteiger partial charge in [0.2, 0.25) is 0 Å². The molecule has 2 rings (SSSR count). The summed E-state index contributed by atoms with van der Waals surface area (Å²) in [6.07, 6.45) is 0. The van der Waals surface area contributed by atoms with Crippen LogP contribution in [0.3, 0.4) is 0 Å². The molecule has 0 aliphatic rings. The van der Waals surface area contributed by atoms with Crippen molar-refractivity contribution in [1.29, 1.82) is 0 Å². The minimum absolute atomic E-state index is 0.0923. The molecular weight excluding hydrogens is 330 g/mol. The predicted molar refractivity (Wildman–Crippen MR) is 101 cm³/mol. The Balaban J connectivity index is 1.99. The number of hydrogen-bond donors (Lipinski definition) is 0. The zero-order valence-corrected chi connectivity index (χ0v) is 15.9. The number of aryl methyl sites for hydroxylation is 2. The first-order valence-electron chi connectivity index (χ1n) is 8.47. The second kappa shape index (κ2) is 8.52. The highest BCUT2D eigenvalue weighted by Gasteiger charge is 2.24. The van der Waals surface area contributed by atoms with Gasteiger partial charge in [-0.1, -0.05) is 18.2 Å². The van der Waals surface area contributed by atoms with Gasteiger partial charge in [-0.15, -0.1) is 0 Å². The minimum Gasteiger partial charge on any atom is -0.497 e. The van der Waals surface area contributed by atoms with Gasteiger partial charge in [0, 0.05) is 18.7 Å². The van der Waals surface area contributed by atoms with E-state index in [1.165, 1.54) is 4.90 Å². The van der Waals surface area contributed by atoms with Crippen LogP contribution in [0.4, 0.5) is 0 Å². The molecule has 2 aromatic rings. The number of Topliss-reactive ketones (excluding diaryl/α,β-unsaturated/α-hetero) is 1. The first kappa shape index (κ1) is 19.5. The van der Waals surface area contributed by atoms with Gasteiger partial charge in [0.05, 0.1) is 13.2 Å². The van der Waals surface area contributed by atoms with Crippen molar-refractivity contribution in [1.82, 2.24) is 4.90 Å². The number of carbonyl (C=O) groups excluding carboxylic acids is 2. The van der Waals surface area contributed by atoms with Gasteiger partial charge in [-0.25, -0.2) is 0 Å². The molecule has 0 heterocycles. The number of likely N-dealkylation sites (N-methyl/N-ethyl adjacent to an activating group) is 1. The smallest absolute Gasteiger partial charge is 0.260 e. The van der Waals surface area contributed by atoms with Crippen LogP contribution in [0.5, 0.6) is 11.5 Å². The van der Waals surface area contributed by atoms with Crippen LogP contribution in [0.25, 0.3) is 0 Å². The number of methoxy groups -OCH3 is 1. The summed E-state index contributed by atoms with van der Waals surface area (Å²) >= 11 is 0. The average Bonchev–Trinajstić information content (AvgIpc) is 2.66. The molecule has 1 unspecified atom stereocenters. The average molecular weight is 355 g/mol. The lowest BCUT2D eigenvalue weighted by molar-refractivity contribution is -0.133. The molecule has 1 atom stereocenters. The van der Waals surface area contributed by atoms with E-state index in [-0.39, 0.29) is 18.3 Å². The molecule has 0 aliphatic carbocycles. The zero-order valence-electron chi connectivity index (χ0n) is 15.9. The summed E-state index contributed by atoms with van der Waals surface area (Å²) in [6.45, 7) is 5.54. The predicted octanol–water partition coefficient (Wildman–Crippen LogP) is 3.42. The maximum absolute atomic E-state index is 12.7. The molecule has 0 aromatic heterocycles. The maximum Gasteiger partial charge on any atom is 0.260 e. The van der Waals surface area contributed by atoms with Gasteiger partial charge < -0.3 is 14.4 Å². The number of carbonyl (C=O) groups is 2. The SMILES string of the molecule is COc1cccc(OCC(=O)N(C)C(C)C(=O)c2ccc(C)c(C)c2)c1. The largest absolute Gasteiger partial charge is 0.497 e. The molecule has 0 saturated heterocycles. The Hall–Kier alpha value is -2.82. The third-order valence-electron chi connectivity index (χ3n) is 4.55. The molecule has 0 fully saturated rings. The highest BCUT2D eigenvalue weighted by atomic mass is 16.5. The van der Waals surface area contributed by atoms with Crippen LogP contribution in [0, 0.1) is 13.8 Å². The van der Waals surface area contributed by atoms with E-state index in [0.717, 1.165) is 11.1 Å². The monoisotopic (exact) mass is 355 g/mol. The van der Waals surface area contributed by atoms with Crippen molar-refractivity contribution in [2.45, 2.75) is 26.8 Å². The normalized spacial score (nSPS) is 11.6. The lowest BCUT2D eigenvalue weighted by atomic mass is 10.00. The van der Waals surface area contributed by atoms with Crippen molar-refractivity contribution in [2.75, 3.05) is 20.8 Å². The maximum atomic E-state index is 12.7. The molecule has 0 radical (unpaired) electrons. The zero-order chi connectivity index (χ0) is 19.3. The summed E-state index contributed by atoms with van der Waals surface area (Å²) in [5.41, 5.74) is 2.79. The van der Waals surface area contributed by atoms with Gasteiger partial charge >= 0.3 is 0 Å². The summed E-state index contributed by atoms with van der Waals surface area (Å²) < 4.78 is 10.6. The molecule has 26 heavy (non-hydrogen) atoms. The van der Waals surface area contributed by atoms with Crippen molar-refractivity contribution in [3.8, 4) is 11.5 Å². The Kier molecular flexibility index (Phi) is 6.39. The molecule has 5 nitrogen and oxygen atoms in total. The minimum atomic E-state index is -0.571. The van der Waals surface area contributed by atoms with Crippen LogP contribution in [-0.2, 0) is 4.79 Å². The Bertz CT molecular complexity index is 800. The van der Waals surface area contributed by atoms with Crippen LogP contribution in [0.15, 0.2) is 42.5 Å². The van der Waals surface area contributed by atoms with Crippen LogP contribution in [0.2, 0.25) is 0 Å². The Morgan fingerprint density at radius 2 is 1.73 bits per heavy atom. The Morgan fingerprint density at radius 1 is 1.04 bits per heavy atom. The lowest BCUT2D eigenvalue weighted by Crippen LogP contribution is -2.42. The van der Waals surface area contributed by atoms with Crippen molar-refractivity contribution in [2.24, 2.45) is 0 Å². The van der Waals surface area contributed by atoms with Crippen LogP contribution >= 0.6 is 0 Å². The summed E-state index contributed by atoms with van der Waals surface area (Å²) in [5, 5.41) is 0. The molecule has 138 valence electrons. The molecule has 0 spiro atoms. The van der Waals surface area contributed by atoms with Crippen LogP contribution in [0.1, 0.15) is 28.4 Å². The van der Waals surface area contributed by atoms with E-state index in [4.69, 9.17) is 9.47 Å². The first-order chi connectivity index (χ1) is 12.3.